The van der Waals surface area contributed by atoms with E-state index < -0.39 is 18.4 Å². The van der Waals surface area contributed by atoms with E-state index in [0.29, 0.717) is 23.9 Å². The van der Waals surface area contributed by atoms with Gasteiger partial charge >= 0.3 is 5.97 Å². The van der Waals surface area contributed by atoms with Gasteiger partial charge in [-0.05, 0) is 62.1 Å². The standard InChI is InChI=1S/C23H28N4O4/c1-14-22(30)21(23(31)24-13-20(28)29)26-19(25-14)12-15-8-10-27(11-9-15)18-6-4-17(5-7-18)16-2-3-16/h4-7,15-16,30H,2-3,8-13H2,1H3,(H,24,31)(H,28,29). The molecule has 8 nitrogen and oxygen atoms in total. The van der Waals surface area contributed by atoms with Crippen molar-refractivity contribution in [3.05, 3.63) is 47.0 Å². The van der Waals surface area contributed by atoms with Crippen LogP contribution >= 0.6 is 0 Å². The van der Waals surface area contributed by atoms with Gasteiger partial charge in [-0.1, -0.05) is 12.1 Å². The lowest BCUT2D eigenvalue weighted by Gasteiger charge is -2.33. The van der Waals surface area contributed by atoms with Crippen LogP contribution in [0.25, 0.3) is 0 Å². The van der Waals surface area contributed by atoms with Crippen molar-refractivity contribution in [2.24, 2.45) is 5.92 Å². The molecule has 0 radical (unpaired) electrons. The number of nitrogens with one attached hydrogen (secondary N) is 1. The number of carboxylic acid groups (broad SMARTS) is 1. The molecule has 0 bridgehead atoms. The van der Waals surface area contributed by atoms with Gasteiger partial charge in [0.05, 0.1) is 5.69 Å². The van der Waals surface area contributed by atoms with Crippen LogP contribution in [0.2, 0.25) is 0 Å². The molecule has 2 fully saturated rings. The summed E-state index contributed by atoms with van der Waals surface area (Å²) in [5.41, 5.74) is 2.86. The van der Waals surface area contributed by atoms with Crippen LogP contribution in [0.3, 0.4) is 0 Å². The number of hydrogen-bond donors (Lipinski definition) is 3. The summed E-state index contributed by atoms with van der Waals surface area (Å²) in [6.07, 6.45) is 5.23. The van der Waals surface area contributed by atoms with E-state index in [9.17, 15) is 14.7 Å². The van der Waals surface area contributed by atoms with Gasteiger partial charge in [0, 0.05) is 25.2 Å². The first-order valence-electron chi connectivity index (χ1n) is 10.8. The van der Waals surface area contributed by atoms with E-state index in [4.69, 9.17) is 5.11 Å². The quantitative estimate of drug-likeness (QED) is 0.626. The second-order valence-corrected chi connectivity index (χ2v) is 8.50. The Morgan fingerprint density at radius 3 is 2.39 bits per heavy atom. The SMILES string of the molecule is Cc1nc(CC2CCN(c3ccc(C4CC4)cc3)CC2)nc(C(=O)NCC(=O)O)c1O. The Bertz CT molecular complexity index is 964. The number of aromatic hydroxyl groups is 1. The third kappa shape index (κ3) is 5.13. The Morgan fingerprint density at radius 2 is 1.77 bits per heavy atom. The summed E-state index contributed by atoms with van der Waals surface area (Å²) in [5.74, 6) is -0.520. The lowest BCUT2D eigenvalue weighted by Crippen LogP contribution is -2.34. The summed E-state index contributed by atoms with van der Waals surface area (Å²) in [6.45, 7) is 2.99. The fourth-order valence-corrected chi connectivity index (χ4v) is 4.14. The molecule has 0 unspecified atom stereocenters. The van der Waals surface area contributed by atoms with Gasteiger partial charge in [0.1, 0.15) is 12.4 Å². The molecular formula is C23H28N4O4. The third-order valence-corrected chi connectivity index (χ3v) is 6.11. The first kappa shape index (κ1) is 21.1. The Hall–Kier alpha value is -3.16. The highest BCUT2D eigenvalue weighted by molar-refractivity contribution is 5.96. The van der Waals surface area contributed by atoms with Crippen molar-refractivity contribution < 1.29 is 19.8 Å². The maximum atomic E-state index is 12.2. The lowest BCUT2D eigenvalue weighted by atomic mass is 9.92. The largest absolute Gasteiger partial charge is 0.504 e. The highest BCUT2D eigenvalue weighted by atomic mass is 16.4. The summed E-state index contributed by atoms with van der Waals surface area (Å²) in [7, 11) is 0. The number of hydrogen-bond acceptors (Lipinski definition) is 6. The zero-order valence-electron chi connectivity index (χ0n) is 17.7. The van der Waals surface area contributed by atoms with Crippen LogP contribution in [-0.2, 0) is 11.2 Å². The van der Waals surface area contributed by atoms with Crippen molar-refractivity contribution in [1.82, 2.24) is 15.3 Å². The molecule has 2 heterocycles. The fourth-order valence-electron chi connectivity index (χ4n) is 4.14. The molecule has 1 aromatic heterocycles. The molecule has 2 aromatic rings. The average molecular weight is 425 g/mol. The maximum Gasteiger partial charge on any atom is 0.322 e. The third-order valence-electron chi connectivity index (χ3n) is 6.11. The molecule has 0 atom stereocenters. The summed E-state index contributed by atoms with van der Waals surface area (Å²) >= 11 is 0. The van der Waals surface area contributed by atoms with E-state index in [2.05, 4.69) is 44.5 Å². The van der Waals surface area contributed by atoms with E-state index in [0.717, 1.165) is 31.8 Å². The second kappa shape index (κ2) is 8.91. The van der Waals surface area contributed by atoms with Crippen LogP contribution in [-0.4, -0.2) is 51.7 Å². The van der Waals surface area contributed by atoms with Gasteiger partial charge in [0.25, 0.3) is 5.91 Å². The van der Waals surface area contributed by atoms with Crippen LogP contribution < -0.4 is 10.2 Å². The highest BCUT2D eigenvalue weighted by Gasteiger charge is 2.25. The first-order valence-corrected chi connectivity index (χ1v) is 10.8. The molecule has 1 saturated heterocycles. The Labute approximate surface area is 181 Å². The van der Waals surface area contributed by atoms with E-state index in [1.165, 1.54) is 24.1 Å². The Morgan fingerprint density at radius 1 is 1.10 bits per heavy atom. The number of nitrogens with zero attached hydrogens (tertiary/aromatic N) is 3. The molecule has 31 heavy (non-hydrogen) atoms. The predicted molar refractivity (Wildman–Crippen MR) is 115 cm³/mol. The van der Waals surface area contributed by atoms with Gasteiger partial charge in [-0.25, -0.2) is 9.97 Å². The van der Waals surface area contributed by atoms with Gasteiger partial charge in [0.15, 0.2) is 11.4 Å². The minimum atomic E-state index is -1.16. The van der Waals surface area contributed by atoms with Gasteiger partial charge in [-0.15, -0.1) is 0 Å². The molecule has 1 aliphatic carbocycles. The van der Waals surface area contributed by atoms with Crippen molar-refractivity contribution in [3.8, 4) is 5.75 Å². The van der Waals surface area contributed by atoms with E-state index >= 15 is 0 Å². The van der Waals surface area contributed by atoms with Gasteiger partial charge in [-0.2, -0.15) is 0 Å². The fraction of sp³-hybridized carbons (Fsp3) is 0.478. The molecule has 8 heteroatoms. The number of aliphatic carboxylic acids is 1. The maximum absolute atomic E-state index is 12.2. The molecule has 1 aliphatic heterocycles. The predicted octanol–water partition coefficient (Wildman–Crippen LogP) is 2.64. The number of benzene rings is 1. The number of aryl methyl sites for hydroxylation is 1. The number of carbonyl (C=O) groups is 2. The summed E-state index contributed by atoms with van der Waals surface area (Å²) in [6, 6.07) is 8.96. The summed E-state index contributed by atoms with van der Waals surface area (Å²) in [4.78, 5) is 33.9. The van der Waals surface area contributed by atoms with Crippen LogP contribution in [0, 0.1) is 12.8 Å². The monoisotopic (exact) mass is 424 g/mol. The Kier molecular flexibility index (Phi) is 6.06. The van der Waals surface area contributed by atoms with E-state index in [-0.39, 0.29) is 11.4 Å². The molecule has 1 aromatic carbocycles. The van der Waals surface area contributed by atoms with Gasteiger partial charge in [-0.3, -0.25) is 9.59 Å². The number of amides is 1. The molecule has 2 aliphatic rings. The number of aromatic nitrogens is 2. The number of carboxylic acids is 1. The molecule has 0 spiro atoms. The summed E-state index contributed by atoms with van der Waals surface area (Å²) < 4.78 is 0. The number of piperidine rings is 1. The summed E-state index contributed by atoms with van der Waals surface area (Å²) in [5, 5.41) is 21.1. The normalized spacial score (nSPS) is 16.9. The van der Waals surface area contributed by atoms with Gasteiger partial charge in [0.2, 0.25) is 0 Å². The van der Waals surface area contributed by atoms with Crippen molar-refractivity contribution in [1.29, 1.82) is 0 Å². The number of anilines is 1. The smallest absolute Gasteiger partial charge is 0.322 e. The molecule has 164 valence electrons. The van der Waals surface area contributed by atoms with Crippen molar-refractivity contribution >= 4 is 17.6 Å². The number of carbonyl (C=O) groups excluding carboxylic acids is 1. The second-order valence-electron chi connectivity index (χ2n) is 8.50. The van der Waals surface area contributed by atoms with Crippen LogP contribution in [0.1, 0.15) is 59.2 Å². The zero-order chi connectivity index (χ0) is 22.0. The molecule has 1 amide bonds. The van der Waals surface area contributed by atoms with E-state index in [1.807, 2.05) is 0 Å². The Balaban J connectivity index is 1.36. The zero-order valence-corrected chi connectivity index (χ0v) is 17.7. The highest BCUT2D eigenvalue weighted by Crippen LogP contribution is 2.40. The van der Waals surface area contributed by atoms with Crippen LogP contribution in [0.4, 0.5) is 5.69 Å². The van der Waals surface area contributed by atoms with Crippen molar-refractivity contribution in [3.63, 3.8) is 0 Å². The average Bonchev–Trinajstić information content (AvgIpc) is 3.60. The van der Waals surface area contributed by atoms with Gasteiger partial charge < -0.3 is 20.4 Å². The van der Waals surface area contributed by atoms with E-state index in [1.54, 1.807) is 6.92 Å². The molecule has 4 rings (SSSR count). The lowest BCUT2D eigenvalue weighted by molar-refractivity contribution is -0.135. The topological polar surface area (TPSA) is 116 Å². The minimum absolute atomic E-state index is 0.170. The molecular weight excluding hydrogens is 396 g/mol. The molecule has 3 N–H and O–H groups in total. The minimum Gasteiger partial charge on any atom is -0.504 e. The first-order chi connectivity index (χ1) is 14.9. The van der Waals surface area contributed by atoms with Crippen molar-refractivity contribution in [2.45, 2.75) is 44.9 Å². The van der Waals surface area contributed by atoms with Crippen LogP contribution in [0.15, 0.2) is 24.3 Å². The number of rotatable bonds is 7. The van der Waals surface area contributed by atoms with Crippen LogP contribution in [0.5, 0.6) is 5.75 Å². The van der Waals surface area contributed by atoms with Crippen molar-refractivity contribution in [2.75, 3.05) is 24.5 Å². The molecule has 1 saturated carbocycles.